The molecular formula is C64H58N8O8. The molecule has 8 aromatic rings. The Labute approximate surface area is 462 Å². The van der Waals surface area contributed by atoms with Crippen LogP contribution in [0.15, 0.2) is 144 Å². The van der Waals surface area contributed by atoms with Crippen LogP contribution in [0.3, 0.4) is 0 Å². The van der Waals surface area contributed by atoms with E-state index >= 15 is 0 Å². The first-order valence-corrected chi connectivity index (χ1v) is 27.6. The van der Waals surface area contributed by atoms with Gasteiger partial charge in [-0.05, 0) is 78.3 Å². The summed E-state index contributed by atoms with van der Waals surface area (Å²) in [7, 11) is 0. The van der Waals surface area contributed by atoms with Gasteiger partial charge in [-0.2, -0.15) is 5.06 Å². The van der Waals surface area contributed by atoms with E-state index in [4.69, 9.17) is 72.9 Å². The van der Waals surface area contributed by atoms with Crippen molar-refractivity contribution in [1.29, 1.82) is 0 Å². The predicted molar refractivity (Wildman–Crippen MR) is 315 cm³/mol. The third kappa shape index (κ3) is 7.67. The van der Waals surface area contributed by atoms with Crippen LogP contribution in [0.25, 0.3) is 43.1 Å². The molecule has 0 aliphatic carbocycles. The summed E-state index contributed by atoms with van der Waals surface area (Å²) < 4.78 is 47.7. The lowest BCUT2D eigenvalue weighted by Gasteiger charge is -2.27. The highest BCUT2D eigenvalue weighted by Crippen LogP contribution is 2.54. The van der Waals surface area contributed by atoms with Crippen molar-refractivity contribution in [3.63, 3.8) is 0 Å². The fourth-order valence-corrected chi connectivity index (χ4v) is 11.6. The maximum Gasteiger partial charge on any atom is 0.293 e. The zero-order valence-corrected chi connectivity index (χ0v) is 45.9. The van der Waals surface area contributed by atoms with Gasteiger partial charge in [-0.1, -0.05) is 97.1 Å². The second kappa shape index (κ2) is 20.3. The van der Waals surface area contributed by atoms with Gasteiger partial charge in [0.05, 0.1) is 79.6 Å². The lowest BCUT2D eigenvalue weighted by molar-refractivity contribution is -0.0327. The number of hydrogen-bond donors (Lipinski definition) is 0. The van der Waals surface area contributed by atoms with Crippen LogP contribution in [0.2, 0.25) is 0 Å². The van der Waals surface area contributed by atoms with Gasteiger partial charge in [0.15, 0.2) is 40.8 Å². The van der Waals surface area contributed by atoms with E-state index in [1.54, 1.807) is 5.06 Å². The fourth-order valence-electron chi connectivity index (χ4n) is 11.6. The van der Waals surface area contributed by atoms with Gasteiger partial charge in [-0.25, -0.2) is 34.9 Å². The van der Waals surface area contributed by atoms with Crippen LogP contribution >= 0.6 is 0 Å². The predicted octanol–water partition coefficient (Wildman–Crippen LogP) is 12.5. The number of nitrogens with zero attached hydrogens (tertiary/aromatic N) is 8. The van der Waals surface area contributed by atoms with Crippen molar-refractivity contribution in [2.75, 3.05) is 52.9 Å². The first-order valence-electron chi connectivity index (χ1n) is 27.6. The van der Waals surface area contributed by atoms with Gasteiger partial charge in [-0.15, -0.1) is 0 Å². The number of aliphatic imine (C=N–C) groups is 7. The van der Waals surface area contributed by atoms with Crippen molar-refractivity contribution >= 4 is 83.9 Å². The molecule has 8 bridgehead atoms. The molecule has 0 spiro atoms. The Hall–Kier alpha value is -8.99. The zero-order chi connectivity index (χ0) is 54.8. The molecular weight excluding hydrogens is 1010 g/mol. The molecule has 16 heteroatoms. The van der Waals surface area contributed by atoms with Crippen LogP contribution in [0.1, 0.15) is 99.9 Å². The van der Waals surface area contributed by atoms with Gasteiger partial charge < -0.3 is 33.2 Å². The van der Waals surface area contributed by atoms with Crippen LogP contribution in [0.4, 0.5) is 0 Å². The molecule has 0 saturated heterocycles. The summed E-state index contributed by atoms with van der Waals surface area (Å²) in [6.45, 7) is 17.9. The summed E-state index contributed by atoms with van der Waals surface area (Å²) in [5.74, 6) is 3.48. The number of hydroxylamine groups is 2. The van der Waals surface area contributed by atoms with Gasteiger partial charge in [0.25, 0.3) is 5.85 Å². The van der Waals surface area contributed by atoms with Crippen molar-refractivity contribution in [3.8, 4) is 34.5 Å². The zero-order valence-electron chi connectivity index (χ0n) is 45.9. The van der Waals surface area contributed by atoms with Crippen LogP contribution in [0.5, 0.6) is 34.5 Å². The van der Waals surface area contributed by atoms with Gasteiger partial charge in [-0.3, -0.25) is 4.84 Å². The number of fused-ring (bicyclic) bond motifs is 20. The molecule has 0 N–H and O–H groups in total. The minimum Gasteiger partial charge on any atom is -0.493 e. The molecule has 0 radical (unpaired) electrons. The highest BCUT2D eigenvalue weighted by Gasteiger charge is 2.50. The van der Waals surface area contributed by atoms with E-state index < -0.39 is 5.85 Å². The van der Waals surface area contributed by atoms with E-state index in [-0.39, 0.29) is 30.7 Å². The maximum atomic E-state index is 7.09. The molecule has 1 unspecified atom stereocenters. The van der Waals surface area contributed by atoms with Crippen molar-refractivity contribution in [3.05, 3.63) is 154 Å². The first kappa shape index (κ1) is 50.5. The molecule has 5 aliphatic rings. The fraction of sp³-hybridized carbons (Fsp3) is 0.266. The van der Waals surface area contributed by atoms with E-state index in [2.05, 4.69) is 24.3 Å². The minimum atomic E-state index is -1.90. The maximum absolute atomic E-state index is 7.09. The lowest BCUT2D eigenvalue weighted by Crippen LogP contribution is -2.37. The summed E-state index contributed by atoms with van der Waals surface area (Å²) in [6, 6.07) is 36.4. The number of benzene rings is 8. The Morgan fingerprint density at radius 3 is 1.27 bits per heavy atom. The molecule has 0 aromatic heterocycles. The Morgan fingerprint density at radius 1 is 0.350 bits per heavy atom. The molecule has 402 valence electrons. The van der Waals surface area contributed by atoms with Crippen LogP contribution in [-0.4, -0.2) is 98.8 Å². The number of ether oxygens (including phenoxy) is 7. The second-order valence-electron chi connectivity index (χ2n) is 19.0. The molecule has 0 saturated carbocycles. The molecule has 16 nitrogen and oxygen atoms in total. The van der Waals surface area contributed by atoms with Crippen LogP contribution in [-0.2, 0) is 15.4 Å². The topological polar surface area (TPSA) is 164 Å². The molecule has 1 atom stereocenters. The van der Waals surface area contributed by atoms with E-state index in [1.165, 1.54) is 0 Å². The summed E-state index contributed by atoms with van der Waals surface area (Å²) >= 11 is 0. The van der Waals surface area contributed by atoms with E-state index in [9.17, 15) is 0 Å². The summed E-state index contributed by atoms with van der Waals surface area (Å²) in [5, 5.41) is 8.42. The third-order valence-corrected chi connectivity index (χ3v) is 14.5. The quantitative estimate of drug-likeness (QED) is 0.0916. The minimum absolute atomic E-state index is 0.157. The smallest absolute Gasteiger partial charge is 0.293 e. The average Bonchev–Trinajstić information content (AvgIpc) is 4.41. The Balaban J connectivity index is 1.25. The Morgan fingerprint density at radius 2 is 0.738 bits per heavy atom. The summed E-state index contributed by atoms with van der Waals surface area (Å²) in [5.41, 5.74) is 4.72. The SMILES string of the molecule is CCOc1c2c(cc3ccccc13)C1=NC2=NC2(OCC)N=C(N=C3N=C(c4c3c(OCC)c3ccccc3c4OCC)N(OCC)C3=NC(=N1)c1cc4ccccc4c(OCC)c13)c1c2c(OCC)c2ccccc2c1OCC. The molecule has 5 aliphatic heterocycles. The normalized spacial score (nSPS) is 16.6. The van der Waals surface area contributed by atoms with E-state index in [0.717, 1.165) is 43.1 Å². The van der Waals surface area contributed by atoms with Gasteiger partial charge in [0.1, 0.15) is 34.5 Å². The van der Waals surface area contributed by atoms with Crippen molar-refractivity contribution in [2.24, 2.45) is 34.9 Å². The molecule has 0 amide bonds. The van der Waals surface area contributed by atoms with Crippen molar-refractivity contribution in [1.82, 2.24) is 5.06 Å². The van der Waals surface area contributed by atoms with Gasteiger partial charge in [0.2, 0.25) is 0 Å². The number of rotatable bonds is 16. The second-order valence-corrected chi connectivity index (χ2v) is 19.0. The van der Waals surface area contributed by atoms with Gasteiger partial charge in [0, 0.05) is 50.1 Å². The summed E-state index contributed by atoms with van der Waals surface area (Å²) in [6.07, 6.45) is 0. The number of amidine groups is 7. The average molecular weight is 1070 g/mol. The highest BCUT2D eigenvalue weighted by atomic mass is 16.7. The van der Waals surface area contributed by atoms with Gasteiger partial charge >= 0.3 is 0 Å². The van der Waals surface area contributed by atoms with Crippen LogP contribution in [0, 0.1) is 0 Å². The third-order valence-electron chi connectivity index (χ3n) is 14.5. The number of hydrogen-bond acceptors (Lipinski definition) is 16. The lowest BCUT2D eigenvalue weighted by atomic mass is 9.95. The monoisotopic (exact) mass is 1070 g/mol. The molecule has 8 aromatic carbocycles. The Bertz CT molecular complexity index is 4160. The molecule has 0 fully saturated rings. The highest BCUT2D eigenvalue weighted by molar-refractivity contribution is 6.37. The first-order chi connectivity index (χ1) is 39.3. The molecule has 13 rings (SSSR count). The summed E-state index contributed by atoms with van der Waals surface area (Å²) in [4.78, 5) is 45.9. The van der Waals surface area contributed by atoms with Crippen LogP contribution < -0.4 is 28.4 Å². The molecule has 80 heavy (non-hydrogen) atoms. The van der Waals surface area contributed by atoms with Crippen molar-refractivity contribution in [2.45, 2.75) is 61.2 Å². The van der Waals surface area contributed by atoms with Crippen molar-refractivity contribution < 1.29 is 38.0 Å². The molecule has 5 heterocycles. The van der Waals surface area contributed by atoms with E-state index in [0.29, 0.717) is 142 Å². The standard InChI is InChI=1S/C64H58N8O8/c1-9-73-51-37-27-19-17-25-35(37)33-43-45(51)60-66-57(43)65-58-44-34-36-26-18-20-28-38(36)52(74-10-2)46(44)62(68-58)72(80-16-8)63-48-47(53(75-11-3)39-29-21-22-30-40(39)54(48)76-12-4)59(69-63)67-61-49-50(64(70-60,71-61)79-15-7)56(78-14-6)42-32-24-23-31-41(42)55(49)77-13-5/h17-34H,9-16H2,1-8H3. The van der Waals surface area contributed by atoms with E-state index in [1.807, 2.05) is 140 Å². The Kier molecular flexibility index (Phi) is 12.8. The largest absolute Gasteiger partial charge is 0.493 e.